The number of methoxy groups -OCH3 is 1. The van der Waals surface area contributed by atoms with Crippen molar-refractivity contribution in [2.24, 2.45) is 5.92 Å². The second-order valence-corrected chi connectivity index (χ2v) is 6.82. The molecular formula is C18H18INO2. The number of hydrogen-bond acceptors (Lipinski definition) is 2. The van der Waals surface area contributed by atoms with Crippen molar-refractivity contribution in [3.63, 3.8) is 0 Å². The van der Waals surface area contributed by atoms with E-state index < -0.39 is 0 Å². The third kappa shape index (κ3) is 3.61. The van der Waals surface area contributed by atoms with Gasteiger partial charge in [0.2, 0.25) is 0 Å². The number of carbonyl (C=O) groups excluding carboxylic acids is 1. The summed E-state index contributed by atoms with van der Waals surface area (Å²) in [7, 11) is 1.66. The van der Waals surface area contributed by atoms with Gasteiger partial charge in [-0.25, -0.2) is 0 Å². The summed E-state index contributed by atoms with van der Waals surface area (Å²) in [6.07, 6.45) is 2.34. The van der Waals surface area contributed by atoms with E-state index in [-0.39, 0.29) is 11.9 Å². The first-order chi connectivity index (χ1) is 10.7. The summed E-state index contributed by atoms with van der Waals surface area (Å²) >= 11 is 2.22. The van der Waals surface area contributed by atoms with Gasteiger partial charge in [0.15, 0.2) is 0 Å². The van der Waals surface area contributed by atoms with Gasteiger partial charge in [-0.1, -0.05) is 18.2 Å². The standard InChI is InChI=1S/C18H18INO2/c1-22-16-9-7-13(8-10-16)17(12-5-6-12)20-18(21)14-3-2-4-15(19)11-14/h2-4,7-12,17H,5-6H2,1H3,(H,20,21). The molecule has 0 radical (unpaired) electrons. The first kappa shape index (κ1) is 15.3. The van der Waals surface area contributed by atoms with Crippen molar-refractivity contribution < 1.29 is 9.53 Å². The molecule has 0 spiro atoms. The van der Waals surface area contributed by atoms with E-state index in [1.807, 2.05) is 48.5 Å². The van der Waals surface area contributed by atoms with E-state index in [0.29, 0.717) is 11.5 Å². The van der Waals surface area contributed by atoms with Gasteiger partial charge in [0.25, 0.3) is 5.91 Å². The van der Waals surface area contributed by atoms with E-state index in [1.165, 1.54) is 12.8 Å². The van der Waals surface area contributed by atoms with Gasteiger partial charge in [0.05, 0.1) is 13.2 Å². The zero-order valence-corrected chi connectivity index (χ0v) is 14.5. The number of carbonyl (C=O) groups is 1. The van der Waals surface area contributed by atoms with E-state index >= 15 is 0 Å². The Hall–Kier alpha value is -1.56. The zero-order valence-electron chi connectivity index (χ0n) is 12.4. The summed E-state index contributed by atoms with van der Waals surface area (Å²) in [5, 5.41) is 3.19. The van der Waals surface area contributed by atoms with Gasteiger partial charge in [0, 0.05) is 9.13 Å². The number of hydrogen-bond donors (Lipinski definition) is 1. The van der Waals surface area contributed by atoms with Gasteiger partial charge >= 0.3 is 0 Å². The van der Waals surface area contributed by atoms with Crippen LogP contribution in [-0.2, 0) is 0 Å². The van der Waals surface area contributed by atoms with Crippen LogP contribution in [0.2, 0.25) is 0 Å². The smallest absolute Gasteiger partial charge is 0.251 e. The largest absolute Gasteiger partial charge is 0.497 e. The van der Waals surface area contributed by atoms with Crippen LogP contribution in [0.4, 0.5) is 0 Å². The molecule has 1 amide bonds. The first-order valence-corrected chi connectivity index (χ1v) is 8.45. The predicted molar refractivity (Wildman–Crippen MR) is 95.1 cm³/mol. The summed E-state index contributed by atoms with van der Waals surface area (Å²) < 4.78 is 6.27. The summed E-state index contributed by atoms with van der Waals surface area (Å²) in [6.45, 7) is 0. The molecule has 0 heterocycles. The first-order valence-electron chi connectivity index (χ1n) is 7.38. The Morgan fingerprint density at radius 2 is 1.95 bits per heavy atom. The number of ether oxygens (including phenoxy) is 1. The van der Waals surface area contributed by atoms with Gasteiger partial charge in [-0.05, 0) is 77.2 Å². The summed E-state index contributed by atoms with van der Waals surface area (Å²) in [4.78, 5) is 12.5. The molecule has 2 aromatic rings. The minimum absolute atomic E-state index is 0.00812. The Bertz CT molecular complexity index is 665. The molecule has 3 nitrogen and oxygen atoms in total. The Morgan fingerprint density at radius 3 is 2.55 bits per heavy atom. The summed E-state index contributed by atoms with van der Waals surface area (Å²) in [5.74, 6) is 1.37. The van der Waals surface area contributed by atoms with E-state index in [1.54, 1.807) is 7.11 Å². The molecule has 0 aromatic heterocycles. The maximum atomic E-state index is 12.5. The van der Waals surface area contributed by atoms with E-state index in [9.17, 15) is 4.79 Å². The lowest BCUT2D eigenvalue weighted by Crippen LogP contribution is -2.29. The van der Waals surface area contributed by atoms with Crippen LogP contribution in [0.1, 0.15) is 34.8 Å². The van der Waals surface area contributed by atoms with Gasteiger partial charge in [0.1, 0.15) is 5.75 Å². The van der Waals surface area contributed by atoms with Crippen LogP contribution in [0.3, 0.4) is 0 Å². The Labute approximate surface area is 144 Å². The van der Waals surface area contributed by atoms with E-state index in [0.717, 1.165) is 14.9 Å². The van der Waals surface area contributed by atoms with Crippen LogP contribution in [0.25, 0.3) is 0 Å². The maximum Gasteiger partial charge on any atom is 0.251 e. The third-order valence-electron chi connectivity index (χ3n) is 3.94. The molecule has 1 N–H and O–H groups in total. The molecule has 114 valence electrons. The Kier molecular flexibility index (Phi) is 4.66. The Balaban J connectivity index is 1.78. The van der Waals surface area contributed by atoms with Crippen molar-refractivity contribution in [1.29, 1.82) is 0 Å². The second kappa shape index (κ2) is 6.69. The molecule has 1 aliphatic rings. The maximum absolute atomic E-state index is 12.5. The lowest BCUT2D eigenvalue weighted by molar-refractivity contribution is 0.0931. The van der Waals surface area contributed by atoms with Crippen molar-refractivity contribution in [3.05, 3.63) is 63.2 Å². The lowest BCUT2D eigenvalue weighted by atomic mass is 10.0. The van der Waals surface area contributed by atoms with Crippen LogP contribution >= 0.6 is 22.6 Å². The molecule has 22 heavy (non-hydrogen) atoms. The highest BCUT2D eigenvalue weighted by Crippen LogP contribution is 2.41. The normalized spacial score (nSPS) is 15.2. The number of benzene rings is 2. The van der Waals surface area contributed by atoms with Crippen molar-refractivity contribution in [3.8, 4) is 5.75 Å². The van der Waals surface area contributed by atoms with Crippen LogP contribution in [0.15, 0.2) is 48.5 Å². The highest BCUT2D eigenvalue weighted by Gasteiger charge is 2.33. The van der Waals surface area contributed by atoms with Crippen LogP contribution in [0.5, 0.6) is 5.75 Å². The highest BCUT2D eigenvalue weighted by atomic mass is 127. The van der Waals surface area contributed by atoms with E-state index in [2.05, 4.69) is 27.9 Å². The van der Waals surface area contributed by atoms with E-state index in [4.69, 9.17) is 4.74 Å². The minimum atomic E-state index is -0.00812. The molecule has 4 heteroatoms. The van der Waals surface area contributed by atoms with Crippen LogP contribution < -0.4 is 10.1 Å². The predicted octanol–water partition coefficient (Wildman–Crippen LogP) is 4.18. The van der Waals surface area contributed by atoms with Crippen LogP contribution in [0, 0.1) is 9.49 Å². The molecule has 0 aliphatic heterocycles. The number of amides is 1. The van der Waals surface area contributed by atoms with Gasteiger partial charge in [-0.3, -0.25) is 4.79 Å². The Morgan fingerprint density at radius 1 is 1.23 bits per heavy atom. The molecule has 1 aliphatic carbocycles. The molecular weight excluding hydrogens is 389 g/mol. The molecule has 0 bridgehead atoms. The third-order valence-corrected chi connectivity index (χ3v) is 4.61. The van der Waals surface area contributed by atoms with Gasteiger partial charge in [-0.2, -0.15) is 0 Å². The molecule has 1 saturated carbocycles. The highest BCUT2D eigenvalue weighted by molar-refractivity contribution is 14.1. The van der Waals surface area contributed by atoms with Crippen molar-refractivity contribution >= 4 is 28.5 Å². The monoisotopic (exact) mass is 407 g/mol. The lowest BCUT2D eigenvalue weighted by Gasteiger charge is -2.19. The molecule has 0 saturated heterocycles. The SMILES string of the molecule is COc1ccc(C(NC(=O)c2cccc(I)c2)C2CC2)cc1. The number of nitrogens with one attached hydrogen (secondary N) is 1. The average molecular weight is 407 g/mol. The van der Waals surface area contributed by atoms with Crippen molar-refractivity contribution in [2.75, 3.05) is 7.11 Å². The van der Waals surface area contributed by atoms with Crippen LogP contribution in [-0.4, -0.2) is 13.0 Å². The van der Waals surface area contributed by atoms with Crippen molar-refractivity contribution in [2.45, 2.75) is 18.9 Å². The number of rotatable bonds is 5. The summed E-state index contributed by atoms with van der Waals surface area (Å²) in [5.41, 5.74) is 1.85. The molecule has 2 aromatic carbocycles. The molecule has 1 fully saturated rings. The van der Waals surface area contributed by atoms with Gasteiger partial charge in [-0.15, -0.1) is 0 Å². The zero-order chi connectivity index (χ0) is 15.5. The molecule has 3 rings (SSSR count). The fraction of sp³-hybridized carbons (Fsp3) is 0.278. The minimum Gasteiger partial charge on any atom is -0.497 e. The van der Waals surface area contributed by atoms with Crippen molar-refractivity contribution in [1.82, 2.24) is 5.32 Å². The van der Waals surface area contributed by atoms with Gasteiger partial charge < -0.3 is 10.1 Å². The fourth-order valence-electron chi connectivity index (χ4n) is 2.57. The summed E-state index contributed by atoms with van der Waals surface area (Å²) in [6, 6.07) is 15.7. The average Bonchev–Trinajstić information content (AvgIpc) is 3.37. The molecule has 1 atom stereocenters. The quantitative estimate of drug-likeness (QED) is 0.756. The topological polar surface area (TPSA) is 38.3 Å². The number of halogens is 1. The molecule has 1 unspecified atom stereocenters. The second-order valence-electron chi connectivity index (χ2n) is 5.57. The fourth-order valence-corrected chi connectivity index (χ4v) is 3.11.